The Hall–Kier alpha value is -2.38. The molecule has 0 saturated heterocycles. The van der Waals surface area contributed by atoms with E-state index in [1.807, 2.05) is 55.5 Å². The average molecular weight is 359 g/mol. The molecular weight excluding hydrogens is 338 g/mol. The number of para-hydroxylation sites is 2. The van der Waals surface area contributed by atoms with Crippen molar-refractivity contribution in [1.29, 1.82) is 0 Å². The van der Waals surface area contributed by atoms with Crippen LogP contribution in [0.1, 0.15) is 11.1 Å². The summed E-state index contributed by atoms with van der Waals surface area (Å²) in [5.74, 6) is -0.0717. The fourth-order valence-electron chi connectivity index (χ4n) is 2.85. The van der Waals surface area contributed by atoms with Gasteiger partial charge >= 0.3 is 5.69 Å². The van der Waals surface area contributed by atoms with E-state index in [2.05, 4.69) is 4.72 Å². The van der Waals surface area contributed by atoms with Crippen LogP contribution < -0.4 is 10.4 Å². The van der Waals surface area contributed by atoms with Gasteiger partial charge in [0.05, 0.1) is 16.8 Å². The fraction of sp³-hybridized carbons (Fsp3) is 0.278. The molecule has 2 aromatic carbocycles. The molecule has 1 heterocycles. The SMILES string of the molecule is Cc1ccc(CS(=O)(=O)NCCn2c(=O)n(C)c3ccccc32)cc1. The van der Waals surface area contributed by atoms with Crippen molar-refractivity contribution in [2.24, 2.45) is 7.05 Å². The minimum atomic E-state index is -3.45. The van der Waals surface area contributed by atoms with Crippen LogP contribution in [0.25, 0.3) is 11.0 Å². The highest BCUT2D eigenvalue weighted by Crippen LogP contribution is 2.11. The van der Waals surface area contributed by atoms with E-state index in [-0.39, 0.29) is 24.5 Å². The summed E-state index contributed by atoms with van der Waals surface area (Å²) in [5, 5.41) is 0. The number of hydrogen-bond acceptors (Lipinski definition) is 3. The van der Waals surface area contributed by atoms with Crippen LogP contribution in [0.3, 0.4) is 0 Å². The van der Waals surface area contributed by atoms with Crippen molar-refractivity contribution < 1.29 is 8.42 Å². The quantitative estimate of drug-likeness (QED) is 0.729. The van der Waals surface area contributed by atoms with Gasteiger partial charge in [-0.1, -0.05) is 42.0 Å². The third-order valence-corrected chi connectivity index (χ3v) is 5.54. The van der Waals surface area contributed by atoms with Crippen molar-refractivity contribution in [3.8, 4) is 0 Å². The zero-order chi connectivity index (χ0) is 18.0. The smallest absolute Gasteiger partial charge is 0.295 e. The minimum absolute atomic E-state index is 0.0717. The summed E-state index contributed by atoms with van der Waals surface area (Å²) >= 11 is 0. The van der Waals surface area contributed by atoms with E-state index in [1.54, 1.807) is 16.2 Å². The molecule has 0 unspecified atom stereocenters. The first-order valence-electron chi connectivity index (χ1n) is 8.04. The third kappa shape index (κ3) is 3.83. The Balaban J connectivity index is 1.69. The van der Waals surface area contributed by atoms with Crippen molar-refractivity contribution >= 4 is 21.1 Å². The molecule has 0 atom stereocenters. The van der Waals surface area contributed by atoms with Gasteiger partial charge in [-0.3, -0.25) is 9.13 Å². The molecule has 3 rings (SSSR count). The molecule has 0 saturated carbocycles. The summed E-state index contributed by atoms with van der Waals surface area (Å²) < 4.78 is 30.2. The van der Waals surface area contributed by atoms with E-state index in [0.717, 1.165) is 22.2 Å². The highest BCUT2D eigenvalue weighted by atomic mass is 32.2. The number of aryl methyl sites for hydroxylation is 2. The Kier molecular flexibility index (Phi) is 4.78. The lowest BCUT2D eigenvalue weighted by Crippen LogP contribution is -2.32. The van der Waals surface area contributed by atoms with Gasteiger partial charge in [-0.2, -0.15) is 0 Å². The summed E-state index contributed by atoms with van der Waals surface area (Å²) in [6.07, 6.45) is 0. The van der Waals surface area contributed by atoms with Crippen LogP contribution in [-0.4, -0.2) is 24.1 Å². The normalized spacial score (nSPS) is 11.9. The van der Waals surface area contributed by atoms with Gasteiger partial charge in [-0.15, -0.1) is 0 Å². The maximum Gasteiger partial charge on any atom is 0.328 e. The molecule has 0 spiro atoms. The molecule has 0 aliphatic heterocycles. The van der Waals surface area contributed by atoms with Crippen molar-refractivity contribution in [2.75, 3.05) is 6.54 Å². The summed E-state index contributed by atoms with van der Waals surface area (Å²) in [5.41, 5.74) is 3.30. The molecule has 0 radical (unpaired) electrons. The molecule has 3 aromatic rings. The Morgan fingerprint density at radius 3 is 2.32 bits per heavy atom. The van der Waals surface area contributed by atoms with E-state index in [4.69, 9.17) is 0 Å². The Morgan fingerprint density at radius 1 is 1.00 bits per heavy atom. The van der Waals surface area contributed by atoms with E-state index in [1.165, 1.54) is 0 Å². The van der Waals surface area contributed by atoms with Gasteiger partial charge in [0.15, 0.2) is 0 Å². The summed E-state index contributed by atoms with van der Waals surface area (Å²) in [7, 11) is -1.74. The summed E-state index contributed by atoms with van der Waals surface area (Å²) in [6.45, 7) is 2.41. The van der Waals surface area contributed by atoms with Crippen LogP contribution in [0.4, 0.5) is 0 Å². The van der Waals surface area contributed by atoms with E-state index in [9.17, 15) is 13.2 Å². The first kappa shape index (κ1) is 17.4. The number of nitrogens with one attached hydrogen (secondary N) is 1. The molecule has 1 aromatic heterocycles. The third-order valence-electron chi connectivity index (χ3n) is 4.19. The second-order valence-corrected chi connectivity index (χ2v) is 7.93. The summed E-state index contributed by atoms with van der Waals surface area (Å²) in [6, 6.07) is 14.9. The predicted molar refractivity (Wildman–Crippen MR) is 99.0 cm³/mol. The topological polar surface area (TPSA) is 73.1 Å². The molecule has 0 aliphatic carbocycles. The molecule has 0 amide bonds. The minimum Gasteiger partial charge on any atom is -0.295 e. The average Bonchev–Trinajstić information content (AvgIpc) is 2.82. The zero-order valence-corrected chi connectivity index (χ0v) is 15.1. The van der Waals surface area contributed by atoms with Gasteiger partial charge in [0.1, 0.15) is 0 Å². The number of fused-ring (bicyclic) bond motifs is 1. The molecular formula is C18H21N3O3S. The lowest BCUT2D eigenvalue weighted by molar-refractivity contribution is 0.570. The second kappa shape index (κ2) is 6.85. The molecule has 25 heavy (non-hydrogen) atoms. The first-order chi connectivity index (χ1) is 11.9. The van der Waals surface area contributed by atoms with Gasteiger partial charge in [0.2, 0.25) is 10.0 Å². The Labute approximate surface area is 146 Å². The van der Waals surface area contributed by atoms with Gasteiger partial charge in [0.25, 0.3) is 0 Å². The lowest BCUT2D eigenvalue weighted by Gasteiger charge is -2.08. The van der Waals surface area contributed by atoms with Crippen LogP contribution in [0.5, 0.6) is 0 Å². The van der Waals surface area contributed by atoms with E-state index in [0.29, 0.717) is 0 Å². The summed E-state index contributed by atoms with van der Waals surface area (Å²) in [4.78, 5) is 12.3. The predicted octanol–water partition coefficient (Wildman–Crippen LogP) is 1.77. The molecule has 0 bridgehead atoms. The standard InChI is InChI=1S/C18H21N3O3S/c1-14-7-9-15(10-8-14)13-25(23,24)19-11-12-21-17-6-4-3-5-16(17)20(2)18(21)22/h3-10,19H,11-13H2,1-2H3. The molecule has 0 aliphatic rings. The van der Waals surface area contributed by atoms with Gasteiger partial charge in [-0.05, 0) is 24.6 Å². The monoisotopic (exact) mass is 359 g/mol. The number of benzene rings is 2. The van der Waals surface area contributed by atoms with Crippen LogP contribution in [0.15, 0.2) is 53.3 Å². The van der Waals surface area contributed by atoms with E-state index < -0.39 is 10.0 Å². The number of aromatic nitrogens is 2. The molecule has 7 heteroatoms. The van der Waals surface area contributed by atoms with Gasteiger partial charge in [0, 0.05) is 20.1 Å². The van der Waals surface area contributed by atoms with Crippen LogP contribution in [0, 0.1) is 6.92 Å². The van der Waals surface area contributed by atoms with Crippen molar-refractivity contribution in [1.82, 2.24) is 13.9 Å². The molecule has 0 fully saturated rings. The fourth-order valence-corrected chi connectivity index (χ4v) is 3.98. The zero-order valence-electron chi connectivity index (χ0n) is 14.3. The van der Waals surface area contributed by atoms with Crippen molar-refractivity contribution in [2.45, 2.75) is 19.2 Å². The maximum atomic E-state index is 12.3. The van der Waals surface area contributed by atoms with E-state index >= 15 is 0 Å². The number of sulfonamides is 1. The highest BCUT2D eigenvalue weighted by Gasteiger charge is 2.13. The number of rotatable bonds is 6. The van der Waals surface area contributed by atoms with Crippen LogP contribution in [0.2, 0.25) is 0 Å². The Morgan fingerprint density at radius 2 is 1.64 bits per heavy atom. The Bertz CT molecular complexity index is 1050. The lowest BCUT2D eigenvalue weighted by atomic mass is 10.2. The van der Waals surface area contributed by atoms with Crippen LogP contribution in [-0.2, 0) is 29.4 Å². The largest absolute Gasteiger partial charge is 0.328 e. The number of hydrogen-bond donors (Lipinski definition) is 1. The second-order valence-electron chi connectivity index (χ2n) is 6.12. The highest BCUT2D eigenvalue weighted by molar-refractivity contribution is 7.88. The van der Waals surface area contributed by atoms with Crippen molar-refractivity contribution in [3.05, 3.63) is 70.1 Å². The van der Waals surface area contributed by atoms with Crippen LogP contribution >= 0.6 is 0 Å². The number of nitrogens with zero attached hydrogens (tertiary/aromatic N) is 2. The number of imidazole rings is 1. The maximum absolute atomic E-state index is 12.3. The van der Waals surface area contributed by atoms with Gasteiger partial charge in [-0.25, -0.2) is 17.9 Å². The molecule has 132 valence electrons. The molecule has 1 N–H and O–H groups in total. The van der Waals surface area contributed by atoms with Crippen molar-refractivity contribution in [3.63, 3.8) is 0 Å². The molecule has 6 nitrogen and oxygen atoms in total. The first-order valence-corrected chi connectivity index (χ1v) is 9.70. The van der Waals surface area contributed by atoms with Gasteiger partial charge < -0.3 is 0 Å².